The van der Waals surface area contributed by atoms with Crippen molar-refractivity contribution in [2.75, 3.05) is 0 Å². The molecule has 0 aliphatic heterocycles. The Morgan fingerprint density at radius 2 is 0.788 bits per heavy atom. The van der Waals surface area contributed by atoms with E-state index in [2.05, 4.69) is 109 Å². The predicted octanol–water partition coefficient (Wildman–Crippen LogP) is 7.90. The van der Waals surface area contributed by atoms with Gasteiger partial charge in [-0.1, -0.05) is 97.1 Å². The summed E-state index contributed by atoms with van der Waals surface area (Å²) in [7, 11) is 0. The minimum absolute atomic E-state index is 0.103. The maximum atomic E-state index is 12.5. The van der Waals surface area contributed by atoms with Gasteiger partial charge < -0.3 is 4.79 Å². The molecule has 6 aromatic rings. The van der Waals surface area contributed by atoms with E-state index >= 15 is 0 Å². The van der Waals surface area contributed by atoms with Crippen molar-refractivity contribution in [3.63, 3.8) is 0 Å². The topological polar surface area (TPSA) is 17.1 Å². The van der Waals surface area contributed by atoms with Crippen LogP contribution in [-0.2, 0) is 17.6 Å². The molecule has 0 radical (unpaired) electrons. The van der Waals surface area contributed by atoms with Gasteiger partial charge in [-0.3, -0.25) is 0 Å². The molecule has 0 aromatic heterocycles. The van der Waals surface area contributed by atoms with Crippen LogP contribution in [0, 0.1) is 5.92 Å². The Labute approximate surface area is 193 Å². The Bertz CT molecular complexity index is 1410. The van der Waals surface area contributed by atoms with Crippen molar-refractivity contribution in [1.82, 2.24) is 0 Å². The van der Waals surface area contributed by atoms with Gasteiger partial charge in [-0.25, -0.2) is 0 Å². The van der Waals surface area contributed by atoms with Crippen LogP contribution in [0.3, 0.4) is 0 Å². The highest BCUT2D eigenvalue weighted by molar-refractivity contribution is 6.03. The predicted molar refractivity (Wildman–Crippen MR) is 140 cm³/mol. The fourth-order valence-corrected chi connectivity index (χ4v) is 5.35. The van der Waals surface area contributed by atoms with Crippen LogP contribution >= 0.6 is 0 Å². The first-order valence-electron chi connectivity index (χ1n) is 11.6. The van der Waals surface area contributed by atoms with Crippen molar-refractivity contribution in [3.8, 4) is 0 Å². The third-order valence-electron chi connectivity index (χ3n) is 6.89. The van der Waals surface area contributed by atoms with E-state index in [1.165, 1.54) is 54.2 Å². The largest absolute Gasteiger partial charge is 0.303 e. The molecule has 0 atom stereocenters. The third-order valence-corrected chi connectivity index (χ3v) is 6.89. The van der Waals surface area contributed by atoms with Crippen molar-refractivity contribution in [2.24, 2.45) is 5.92 Å². The summed E-state index contributed by atoms with van der Waals surface area (Å²) in [5.74, 6) is -0.103. The van der Waals surface area contributed by atoms with Crippen molar-refractivity contribution < 1.29 is 4.79 Å². The molecule has 0 unspecified atom stereocenters. The zero-order chi connectivity index (χ0) is 22.2. The Balaban J connectivity index is 1.50. The fraction of sp³-hybridized carbons (Fsp3) is 0.0938. The van der Waals surface area contributed by atoms with Gasteiger partial charge in [0, 0.05) is 5.92 Å². The van der Waals surface area contributed by atoms with Gasteiger partial charge in [-0.15, -0.1) is 0 Å². The van der Waals surface area contributed by atoms with E-state index < -0.39 is 0 Å². The van der Waals surface area contributed by atoms with E-state index in [-0.39, 0.29) is 5.92 Å². The lowest BCUT2D eigenvalue weighted by Gasteiger charge is -2.18. The van der Waals surface area contributed by atoms with Crippen LogP contribution in [-0.4, -0.2) is 6.29 Å². The van der Waals surface area contributed by atoms with E-state index in [9.17, 15) is 4.79 Å². The molecule has 0 fully saturated rings. The quantitative estimate of drug-likeness (QED) is 0.203. The SMILES string of the molecule is O=CC(Cc1c2ccccc2cc2ccccc12)Cc1c2ccccc2cc2ccccc12. The number of rotatable bonds is 5. The second kappa shape index (κ2) is 8.18. The maximum absolute atomic E-state index is 12.5. The summed E-state index contributed by atoms with van der Waals surface area (Å²) >= 11 is 0. The summed E-state index contributed by atoms with van der Waals surface area (Å²) in [5.41, 5.74) is 2.54. The van der Waals surface area contributed by atoms with Crippen LogP contribution in [0.1, 0.15) is 11.1 Å². The molecule has 0 amide bonds. The first-order chi connectivity index (χ1) is 16.3. The first-order valence-corrected chi connectivity index (χ1v) is 11.6. The summed E-state index contributed by atoms with van der Waals surface area (Å²) in [6.45, 7) is 0. The highest BCUT2D eigenvalue weighted by Crippen LogP contribution is 2.34. The van der Waals surface area contributed by atoms with Gasteiger partial charge in [0.25, 0.3) is 0 Å². The smallest absolute Gasteiger partial charge is 0.123 e. The van der Waals surface area contributed by atoms with Gasteiger partial charge in [0.2, 0.25) is 0 Å². The number of benzene rings is 6. The number of carbonyl (C=O) groups is 1. The summed E-state index contributed by atoms with van der Waals surface area (Å²) in [6.07, 6.45) is 2.61. The van der Waals surface area contributed by atoms with Gasteiger partial charge >= 0.3 is 0 Å². The van der Waals surface area contributed by atoms with Crippen LogP contribution in [0.4, 0.5) is 0 Å². The van der Waals surface area contributed by atoms with Crippen molar-refractivity contribution in [2.45, 2.75) is 12.8 Å². The van der Waals surface area contributed by atoms with Gasteiger partial charge in [0.05, 0.1) is 0 Å². The van der Waals surface area contributed by atoms with Gasteiger partial charge in [-0.05, 0) is 79.2 Å². The van der Waals surface area contributed by atoms with Crippen LogP contribution in [0.2, 0.25) is 0 Å². The molecular weight excluding hydrogens is 400 g/mol. The lowest BCUT2D eigenvalue weighted by atomic mass is 9.85. The van der Waals surface area contributed by atoms with E-state index in [1.807, 2.05) is 0 Å². The maximum Gasteiger partial charge on any atom is 0.123 e. The molecule has 1 nitrogen and oxygen atoms in total. The summed E-state index contributed by atoms with van der Waals surface area (Å²) in [5, 5.41) is 9.88. The van der Waals surface area contributed by atoms with Crippen LogP contribution in [0.5, 0.6) is 0 Å². The Morgan fingerprint density at radius 3 is 1.09 bits per heavy atom. The van der Waals surface area contributed by atoms with Gasteiger partial charge in [0.1, 0.15) is 6.29 Å². The monoisotopic (exact) mass is 424 g/mol. The zero-order valence-corrected chi connectivity index (χ0v) is 18.4. The number of hydrogen-bond donors (Lipinski definition) is 0. The molecule has 0 bridgehead atoms. The number of hydrogen-bond acceptors (Lipinski definition) is 1. The Morgan fingerprint density at radius 1 is 0.485 bits per heavy atom. The lowest BCUT2D eigenvalue weighted by molar-refractivity contribution is -0.111. The highest BCUT2D eigenvalue weighted by Gasteiger charge is 2.17. The van der Waals surface area contributed by atoms with E-state index in [1.54, 1.807) is 0 Å². The zero-order valence-electron chi connectivity index (χ0n) is 18.4. The van der Waals surface area contributed by atoms with Gasteiger partial charge in [0.15, 0.2) is 0 Å². The molecule has 0 aliphatic carbocycles. The van der Waals surface area contributed by atoms with Crippen molar-refractivity contribution in [3.05, 3.63) is 120 Å². The molecule has 158 valence electrons. The summed E-state index contributed by atoms with van der Waals surface area (Å²) in [4.78, 5) is 12.5. The van der Waals surface area contributed by atoms with Gasteiger partial charge in [-0.2, -0.15) is 0 Å². The van der Waals surface area contributed by atoms with Crippen LogP contribution in [0.15, 0.2) is 109 Å². The van der Waals surface area contributed by atoms with Crippen molar-refractivity contribution in [1.29, 1.82) is 0 Å². The molecule has 1 heteroatoms. The Kier molecular flexibility index (Phi) is 4.88. The van der Waals surface area contributed by atoms with Crippen LogP contribution < -0.4 is 0 Å². The summed E-state index contributed by atoms with van der Waals surface area (Å²) < 4.78 is 0. The Hall–Kier alpha value is -3.97. The molecule has 0 saturated heterocycles. The van der Waals surface area contributed by atoms with E-state index in [0.717, 1.165) is 19.1 Å². The molecule has 0 saturated carbocycles. The molecule has 6 aromatic carbocycles. The third kappa shape index (κ3) is 3.47. The first kappa shape index (κ1) is 19.7. The second-order valence-electron chi connectivity index (χ2n) is 8.90. The fourth-order valence-electron chi connectivity index (χ4n) is 5.35. The summed E-state index contributed by atoms with van der Waals surface area (Å²) in [6, 6.07) is 38.6. The minimum Gasteiger partial charge on any atom is -0.303 e. The van der Waals surface area contributed by atoms with Crippen molar-refractivity contribution >= 4 is 49.4 Å². The molecule has 6 rings (SSSR count). The molecule has 0 N–H and O–H groups in total. The molecular formula is C32H24O. The van der Waals surface area contributed by atoms with Crippen LogP contribution in [0.25, 0.3) is 43.1 Å². The second-order valence-corrected chi connectivity index (χ2v) is 8.90. The molecule has 0 spiro atoms. The van der Waals surface area contributed by atoms with E-state index in [0.29, 0.717) is 0 Å². The lowest BCUT2D eigenvalue weighted by Crippen LogP contribution is -2.11. The number of aldehydes is 1. The highest BCUT2D eigenvalue weighted by atomic mass is 16.1. The molecule has 0 aliphatic rings. The molecule has 0 heterocycles. The number of carbonyl (C=O) groups excluding carboxylic acids is 1. The minimum atomic E-state index is -0.103. The molecule has 33 heavy (non-hydrogen) atoms. The van der Waals surface area contributed by atoms with E-state index in [4.69, 9.17) is 0 Å². The number of fused-ring (bicyclic) bond motifs is 4. The standard InChI is InChI=1S/C32H24O/c33-21-22(17-31-27-13-5-1-9-23(27)19-24-10-2-6-14-28(24)31)18-32-29-15-7-3-11-25(29)20-26-12-4-8-16-30(26)32/h1-16,19-22H,17-18H2. The average Bonchev–Trinajstić information content (AvgIpc) is 2.87. The normalized spacial score (nSPS) is 11.7. The average molecular weight is 425 g/mol.